The molecule has 154 valence electrons. The summed E-state index contributed by atoms with van der Waals surface area (Å²) >= 11 is 0. The Bertz CT molecular complexity index is 1140. The van der Waals surface area contributed by atoms with Gasteiger partial charge in [0.1, 0.15) is 11.3 Å². The van der Waals surface area contributed by atoms with Crippen LogP contribution >= 0.6 is 0 Å². The number of likely N-dealkylation sites (tertiary alicyclic amines) is 1. The topological polar surface area (TPSA) is 86.0 Å². The molecule has 1 saturated heterocycles. The van der Waals surface area contributed by atoms with Crippen molar-refractivity contribution in [1.29, 1.82) is 0 Å². The first-order chi connectivity index (χ1) is 14.6. The minimum absolute atomic E-state index is 0.402. The smallest absolute Gasteiger partial charge is 0.231 e. The standard InChI is InChI=1S/C23H26N6O/c1-15(2)28-9-7-18(8-10-28)29-14-17(13-26-29)16-11-19(22(24)25-12-16)23-27-20-5-3-4-6-21(20)30-23/h3-6,11-15,18H,7-10H2,1-2H3,(H2,24,25). The van der Waals surface area contributed by atoms with Crippen LogP contribution in [0.5, 0.6) is 0 Å². The van der Waals surface area contributed by atoms with Crippen molar-refractivity contribution < 1.29 is 4.42 Å². The maximum atomic E-state index is 6.14. The molecule has 0 atom stereocenters. The van der Waals surface area contributed by atoms with Crippen LogP contribution in [0.2, 0.25) is 0 Å². The summed E-state index contributed by atoms with van der Waals surface area (Å²) in [5, 5.41) is 4.65. The number of aromatic nitrogens is 4. The Morgan fingerprint density at radius 3 is 2.67 bits per heavy atom. The summed E-state index contributed by atoms with van der Waals surface area (Å²) in [6.45, 7) is 6.75. The van der Waals surface area contributed by atoms with Gasteiger partial charge >= 0.3 is 0 Å². The van der Waals surface area contributed by atoms with Gasteiger partial charge in [0.25, 0.3) is 0 Å². The number of nitrogen functional groups attached to an aromatic ring is 1. The third-order valence-electron chi connectivity index (χ3n) is 5.98. The first-order valence-electron chi connectivity index (χ1n) is 10.5. The molecule has 1 aliphatic heterocycles. The number of hydrogen-bond acceptors (Lipinski definition) is 6. The maximum Gasteiger partial charge on any atom is 0.231 e. The van der Waals surface area contributed by atoms with Gasteiger partial charge in [-0.2, -0.15) is 5.10 Å². The monoisotopic (exact) mass is 402 g/mol. The number of fused-ring (bicyclic) bond motifs is 1. The molecule has 7 nitrogen and oxygen atoms in total. The van der Waals surface area contributed by atoms with E-state index in [-0.39, 0.29) is 0 Å². The molecule has 0 saturated carbocycles. The van der Waals surface area contributed by atoms with E-state index in [1.807, 2.05) is 36.5 Å². The Labute approximate surface area is 175 Å². The van der Waals surface area contributed by atoms with E-state index in [1.165, 1.54) is 0 Å². The van der Waals surface area contributed by atoms with Crippen LogP contribution in [0.25, 0.3) is 33.7 Å². The molecule has 4 aromatic rings. The number of rotatable bonds is 4. The zero-order chi connectivity index (χ0) is 20.7. The van der Waals surface area contributed by atoms with Gasteiger partial charge in [-0.25, -0.2) is 9.97 Å². The van der Waals surface area contributed by atoms with Crippen LogP contribution in [0.3, 0.4) is 0 Å². The summed E-state index contributed by atoms with van der Waals surface area (Å²) in [5.41, 5.74) is 10.3. The van der Waals surface area contributed by atoms with Crippen LogP contribution in [-0.4, -0.2) is 43.8 Å². The van der Waals surface area contributed by atoms with E-state index in [0.717, 1.165) is 48.2 Å². The number of hydrogen-bond donors (Lipinski definition) is 1. The van der Waals surface area contributed by atoms with Crippen molar-refractivity contribution in [3.05, 3.63) is 48.9 Å². The molecule has 0 amide bonds. The molecule has 1 fully saturated rings. The Balaban J connectivity index is 1.41. The van der Waals surface area contributed by atoms with E-state index in [2.05, 4.69) is 44.7 Å². The van der Waals surface area contributed by atoms with Gasteiger partial charge in [0.2, 0.25) is 5.89 Å². The SMILES string of the molecule is CC(C)N1CCC(n2cc(-c3cnc(N)c(-c4nc5ccccc5o4)c3)cn2)CC1. The normalized spacial score (nSPS) is 16.0. The molecular weight excluding hydrogens is 376 g/mol. The molecule has 7 heteroatoms. The number of pyridine rings is 1. The average molecular weight is 403 g/mol. The molecule has 0 aliphatic carbocycles. The Kier molecular flexibility index (Phi) is 4.75. The van der Waals surface area contributed by atoms with Crippen LogP contribution < -0.4 is 5.73 Å². The summed E-state index contributed by atoms with van der Waals surface area (Å²) in [6, 6.07) is 10.7. The van der Waals surface area contributed by atoms with Crippen molar-refractivity contribution >= 4 is 16.9 Å². The molecule has 0 spiro atoms. The quantitative estimate of drug-likeness (QED) is 0.545. The first kappa shape index (κ1) is 18.8. The molecular formula is C23H26N6O. The zero-order valence-corrected chi connectivity index (χ0v) is 17.3. The van der Waals surface area contributed by atoms with Gasteiger partial charge in [-0.15, -0.1) is 0 Å². The van der Waals surface area contributed by atoms with Crippen LogP contribution in [-0.2, 0) is 0 Å². The highest BCUT2D eigenvalue weighted by Gasteiger charge is 2.23. The highest BCUT2D eigenvalue weighted by atomic mass is 16.3. The van der Waals surface area contributed by atoms with E-state index < -0.39 is 0 Å². The van der Waals surface area contributed by atoms with Crippen molar-refractivity contribution in [3.63, 3.8) is 0 Å². The summed E-state index contributed by atoms with van der Waals surface area (Å²) in [7, 11) is 0. The Morgan fingerprint density at radius 1 is 1.10 bits per heavy atom. The molecule has 5 rings (SSSR count). The predicted molar refractivity (Wildman–Crippen MR) is 118 cm³/mol. The third-order valence-corrected chi connectivity index (χ3v) is 5.98. The van der Waals surface area contributed by atoms with Gasteiger partial charge in [0, 0.05) is 42.7 Å². The lowest BCUT2D eigenvalue weighted by Crippen LogP contribution is -2.39. The van der Waals surface area contributed by atoms with E-state index in [1.54, 1.807) is 6.20 Å². The van der Waals surface area contributed by atoms with Crippen LogP contribution in [0.4, 0.5) is 5.82 Å². The minimum atomic E-state index is 0.402. The summed E-state index contributed by atoms with van der Waals surface area (Å²) in [6.07, 6.45) is 8.03. The lowest BCUT2D eigenvalue weighted by Gasteiger charge is -2.34. The average Bonchev–Trinajstić information content (AvgIpc) is 3.41. The number of anilines is 1. The van der Waals surface area contributed by atoms with Crippen molar-refractivity contribution in [2.75, 3.05) is 18.8 Å². The molecule has 0 radical (unpaired) electrons. The second kappa shape index (κ2) is 7.57. The molecule has 1 aromatic carbocycles. The molecule has 0 bridgehead atoms. The molecule has 4 heterocycles. The Hall–Kier alpha value is -3.19. The molecule has 1 aliphatic rings. The minimum Gasteiger partial charge on any atom is -0.436 e. The van der Waals surface area contributed by atoms with Crippen LogP contribution in [0, 0.1) is 0 Å². The summed E-state index contributed by atoms with van der Waals surface area (Å²) < 4.78 is 8.00. The van der Waals surface area contributed by atoms with E-state index in [4.69, 9.17) is 10.2 Å². The van der Waals surface area contributed by atoms with E-state index in [9.17, 15) is 0 Å². The zero-order valence-electron chi connectivity index (χ0n) is 17.3. The molecule has 3 aromatic heterocycles. The summed E-state index contributed by atoms with van der Waals surface area (Å²) in [4.78, 5) is 11.5. The van der Waals surface area contributed by atoms with Gasteiger partial charge < -0.3 is 15.1 Å². The van der Waals surface area contributed by atoms with Crippen LogP contribution in [0.1, 0.15) is 32.7 Å². The number of nitrogens with two attached hydrogens (primary N) is 1. The van der Waals surface area contributed by atoms with Gasteiger partial charge in [0.05, 0.1) is 17.8 Å². The van der Waals surface area contributed by atoms with Crippen molar-refractivity contribution in [2.24, 2.45) is 0 Å². The molecule has 2 N–H and O–H groups in total. The van der Waals surface area contributed by atoms with Gasteiger partial charge in [-0.3, -0.25) is 4.68 Å². The van der Waals surface area contributed by atoms with Crippen molar-refractivity contribution in [3.8, 4) is 22.6 Å². The highest BCUT2D eigenvalue weighted by Crippen LogP contribution is 2.32. The fraction of sp³-hybridized carbons (Fsp3) is 0.348. The third kappa shape index (κ3) is 3.45. The Morgan fingerprint density at radius 2 is 1.90 bits per heavy atom. The fourth-order valence-corrected chi connectivity index (χ4v) is 4.15. The van der Waals surface area contributed by atoms with Crippen molar-refractivity contribution in [1.82, 2.24) is 24.6 Å². The maximum absolute atomic E-state index is 6.14. The number of piperidine rings is 1. The van der Waals surface area contributed by atoms with Gasteiger partial charge in [0.15, 0.2) is 5.58 Å². The largest absolute Gasteiger partial charge is 0.436 e. The molecule has 0 unspecified atom stereocenters. The number of nitrogens with zero attached hydrogens (tertiary/aromatic N) is 5. The lowest BCUT2D eigenvalue weighted by atomic mass is 10.0. The van der Waals surface area contributed by atoms with E-state index in [0.29, 0.717) is 29.4 Å². The van der Waals surface area contributed by atoms with Gasteiger partial charge in [-0.05, 0) is 44.9 Å². The number of oxazole rings is 1. The predicted octanol–water partition coefficient (Wildman–Crippen LogP) is 4.38. The molecule has 30 heavy (non-hydrogen) atoms. The lowest BCUT2D eigenvalue weighted by molar-refractivity contribution is 0.147. The van der Waals surface area contributed by atoms with Gasteiger partial charge in [-0.1, -0.05) is 12.1 Å². The van der Waals surface area contributed by atoms with Crippen LogP contribution in [0.15, 0.2) is 53.3 Å². The number of para-hydroxylation sites is 2. The van der Waals surface area contributed by atoms with Crippen molar-refractivity contribution in [2.45, 2.75) is 38.8 Å². The number of benzene rings is 1. The highest BCUT2D eigenvalue weighted by molar-refractivity contribution is 5.80. The second-order valence-corrected chi connectivity index (χ2v) is 8.21. The first-order valence-corrected chi connectivity index (χ1v) is 10.5. The van der Waals surface area contributed by atoms with E-state index >= 15 is 0 Å². The second-order valence-electron chi connectivity index (χ2n) is 8.21. The fourth-order valence-electron chi connectivity index (χ4n) is 4.15. The summed E-state index contributed by atoms with van der Waals surface area (Å²) in [5.74, 6) is 0.884.